The molecule has 1 aromatic heterocycles. The molecule has 0 aliphatic carbocycles. The van der Waals surface area contributed by atoms with Crippen molar-refractivity contribution in [3.05, 3.63) is 65.4 Å². The standard InChI is InChI=1S/C17H17ClN2O2/c1-13(22)14-5-4-9-19-17(20(10-8-14)11-12-21)15-6-2-3-7-16(15)18/h2-10,21H,11-12H2,1H3. The Morgan fingerprint density at radius 1 is 1.23 bits per heavy atom. The van der Waals surface area contributed by atoms with Gasteiger partial charge in [-0.15, -0.1) is 0 Å². The summed E-state index contributed by atoms with van der Waals surface area (Å²) in [6.07, 6.45) is 3.34. The highest BCUT2D eigenvalue weighted by atomic mass is 35.5. The molecule has 0 spiro atoms. The summed E-state index contributed by atoms with van der Waals surface area (Å²) in [5, 5.41) is 9.87. The van der Waals surface area contributed by atoms with E-state index in [1.54, 1.807) is 41.2 Å². The number of nitrogens with zero attached hydrogens (tertiary/aromatic N) is 2. The van der Waals surface area contributed by atoms with Gasteiger partial charge in [0, 0.05) is 30.1 Å². The minimum Gasteiger partial charge on any atom is -0.395 e. The monoisotopic (exact) mass is 316 g/mol. The maximum atomic E-state index is 11.6. The van der Waals surface area contributed by atoms with Crippen LogP contribution < -0.4 is 0 Å². The van der Waals surface area contributed by atoms with Crippen LogP contribution in [0.15, 0.2) is 54.9 Å². The van der Waals surface area contributed by atoms with Crippen molar-refractivity contribution in [3.8, 4) is 11.4 Å². The van der Waals surface area contributed by atoms with E-state index in [9.17, 15) is 9.90 Å². The maximum absolute atomic E-state index is 11.6. The Bertz CT molecular complexity index is 724. The number of Topliss-reactive ketones (excluding diaryl/α,β-unsaturated/α-hetero) is 1. The van der Waals surface area contributed by atoms with Gasteiger partial charge >= 0.3 is 0 Å². The first-order valence-corrected chi connectivity index (χ1v) is 7.27. The molecule has 1 N–H and O–H groups in total. The van der Waals surface area contributed by atoms with Gasteiger partial charge in [0.05, 0.1) is 11.6 Å². The Hall–Kier alpha value is -2.17. The number of hydrogen-bond donors (Lipinski definition) is 1. The lowest BCUT2D eigenvalue weighted by atomic mass is 10.2. The normalized spacial score (nSPS) is 10.1. The molecule has 114 valence electrons. The van der Waals surface area contributed by atoms with Gasteiger partial charge in [0.1, 0.15) is 5.82 Å². The molecule has 0 fully saturated rings. The quantitative estimate of drug-likeness (QED) is 0.878. The molecule has 0 unspecified atom stereocenters. The number of aliphatic hydroxyl groups is 1. The van der Waals surface area contributed by atoms with Crippen LogP contribution in [-0.2, 0) is 6.54 Å². The fourth-order valence-electron chi connectivity index (χ4n) is 2.02. The second kappa shape index (κ2) is 7.73. The van der Waals surface area contributed by atoms with E-state index in [-0.39, 0.29) is 12.4 Å². The molecule has 1 heterocycles. The highest BCUT2D eigenvalue weighted by Gasteiger charge is 2.07. The molecular weight excluding hydrogens is 300 g/mol. The van der Waals surface area contributed by atoms with Crippen molar-refractivity contribution >= 4 is 17.4 Å². The first kappa shape index (κ1) is 16.2. The molecule has 0 aliphatic rings. The van der Waals surface area contributed by atoms with Crippen molar-refractivity contribution in [3.63, 3.8) is 0 Å². The van der Waals surface area contributed by atoms with Crippen LogP contribution in [-0.4, -0.2) is 27.0 Å². The van der Waals surface area contributed by atoms with E-state index in [0.29, 0.717) is 23.0 Å². The molecule has 5 heteroatoms. The van der Waals surface area contributed by atoms with Gasteiger partial charge in [-0.1, -0.05) is 23.7 Å². The smallest absolute Gasteiger partial charge is 0.159 e. The Balaban J connectivity index is 2.72. The maximum Gasteiger partial charge on any atom is 0.159 e. The van der Waals surface area contributed by atoms with Gasteiger partial charge in [-0.25, -0.2) is 4.98 Å². The summed E-state index contributed by atoms with van der Waals surface area (Å²) < 4.78 is 1.77. The molecule has 0 bridgehead atoms. The number of carbonyl (C=O) groups is 1. The summed E-state index contributed by atoms with van der Waals surface area (Å²) in [6, 6.07) is 12.5. The van der Waals surface area contributed by atoms with Crippen LogP contribution in [0.25, 0.3) is 11.4 Å². The molecule has 1 aromatic carbocycles. The zero-order valence-corrected chi connectivity index (χ0v) is 13.0. The topological polar surface area (TPSA) is 55.1 Å². The Morgan fingerprint density at radius 2 is 2.00 bits per heavy atom. The highest BCUT2D eigenvalue weighted by Crippen LogP contribution is 2.25. The number of hydrogen-bond acceptors (Lipinski definition) is 3. The fourth-order valence-corrected chi connectivity index (χ4v) is 2.24. The van der Waals surface area contributed by atoms with E-state index in [0.717, 1.165) is 5.56 Å². The largest absolute Gasteiger partial charge is 0.395 e. The molecule has 4 nitrogen and oxygen atoms in total. The lowest BCUT2D eigenvalue weighted by molar-refractivity contribution is 0.101. The van der Waals surface area contributed by atoms with E-state index in [2.05, 4.69) is 4.98 Å². The van der Waals surface area contributed by atoms with Crippen molar-refractivity contribution in [2.24, 2.45) is 0 Å². The van der Waals surface area contributed by atoms with Gasteiger partial charge in [-0.3, -0.25) is 4.79 Å². The Kier molecular flexibility index (Phi) is 5.69. The van der Waals surface area contributed by atoms with Gasteiger partial charge in [0.25, 0.3) is 0 Å². The number of aliphatic hydroxyl groups excluding tert-OH is 1. The van der Waals surface area contributed by atoms with E-state index in [1.165, 1.54) is 6.92 Å². The average molecular weight is 317 g/mol. The highest BCUT2D eigenvalue weighted by molar-refractivity contribution is 6.33. The van der Waals surface area contributed by atoms with Crippen LogP contribution in [0.1, 0.15) is 17.3 Å². The van der Waals surface area contributed by atoms with E-state index in [1.807, 2.05) is 18.2 Å². The van der Waals surface area contributed by atoms with Crippen molar-refractivity contribution in [1.82, 2.24) is 9.55 Å². The molecular formula is C17H17ClN2O2. The summed E-state index contributed by atoms with van der Waals surface area (Å²) in [6.45, 7) is 1.81. The number of halogens is 1. The molecule has 0 atom stereocenters. The SMILES string of the molecule is CC(=O)c1cccnc(-c2ccccc2Cl)n(CCO)cc1. The third kappa shape index (κ3) is 3.93. The predicted octanol–water partition coefficient (Wildman–Crippen LogP) is 3.52. The molecule has 2 rings (SSSR count). The molecule has 0 aliphatic heterocycles. The van der Waals surface area contributed by atoms with Crippen molar-refractivity contribution in [2.45, 2.75) is 13.5 Å². The second-order valence-corrected chi connectivity index (χ2v) is 5.09. The van der Waals surface area contributed by atoms with E-state index in [4.69, 9.17) is 11.6 Å². The average Bonchev–Trinajstić information content (AvgIpc) is 2.59. The molecule has 2 aromatic rings. The van der Waals surface area contributed by atoms with Crippen LogP contribution in [0.4, 0.5) is 0 Å². The molecule has 0 saturated carbocycles. The summed E-state index contributed by atoms with van der Waals surface area (Å²) in [4.78, 5) is 16.0. The number of aromatic nitrogens is 2. The number of ketones is 1. The zero-order valence-electron chi connectivity index (χ0n) is 12.2. The minimum atomic E-state index is -0.0450. The van der Waals surface area contributed by atoms with E-state index < -0.39 is 0 Å². The summed E-state index contributed by atoms with van der Waals surface area (Å²) in [5.41, 5.74) is 1.33. The Morgan fingerprint density at radius 3 is 2.68 bits per heavy atom. The van der Waals surface area contributed by atoms with Gasteiger partial charge in [-0.05, 0) is 37.3 Å². The lowest BCUT2D eigenvalue weighted by Crippen LogP contribution is -2.06. The van der Waals surface area contributed by atoms with Crippen LogP contribution in [0.3, 0.4) is 0 Å². The van der Waals surface area contributed by atoms with Crippen LogP contribution in [0.5, 0.6) is 0 Å². The molecule has 0 amide bonds. The molecule has 0 radical (unpaired) electrons. The van der Waals surface area contributed by atoms with Crippen molar-refractivity contribution < 1.29 is 9.90 Å². The van der Waals surface area contributed by atoms with Crippen LogP contribution in [0, 0.1) is 0 Å². The zero-order chi connectivity index (χ0) is 15.9. The van der Waals surface area contributed by atoms with Gasteiger partial charge in [0.2, 0.25) is 0 Å². The number of carbonyl (C=O) groups excluding carboxylic acids is 1. The number of benzene rings is 1. The van der Waals surface area contributed by atoms with Gasteiger partial charge in [0.15, 0.2) is 5.78 Å². The van der Waals surface area contributed by atoms with Gasteiger partial charge < -0.3 is 9.67 Å². The van der Waals surface area contributed by atoms with Crippen molar-refractivity contribution in [2.75, 3.05) is 6.61 Å². The first-order valence-electron chi connectivity index (χ1n) is 6.89. The third-order valence-electron chi connectivity index (χ3n) is 3.13. The minimum absolute atomic E-state index is 0.0361. The number of rotatable bonds is 4. The molecule has 22 heavy (non-hydrogen) atoms. The lowest BCUT2D eigenvalue weighted by Gasteiger charge is -2.10. The summed E-state index contributed by atoms with van der Waals surface area (Å²) in [7, 11) is 0. The fraction of sp³-hybridized carbons (Fsp3) is 0.176. The summed E-state index contributed by atoms with van der Waals surface area (Å²) >= 11 is 6.25. The van der Waals surface area contributed by atoms with Crippen molar-refractivity contribution in [1.29, 1.82) is 0 Å². The van der Waals surface area contributed by atoms with Crippen LogP contribution >= 0.6 is 11.6 Å². The van der Waals surface area contributed by atoms with Crippen LogP contribution in [0.2, 0.25) is 5.02 Å². The summed E-state index contributed by atoms with van der Waals surface area (Å²) in [5.74, 6) is 0.580. The molecule has 0 saturated heterocycles. The van der Waals surface area contributed by atoms with Gasteiger partial charge in [-0.2, -0.15) is 0 Å². The first-order chi connectivity index (χ1) is 10.6. The Labute approximate surface area is 134 Å². The second-order valence-electron chi connectivity index (χ2n) is 4.69. The third-order valence-corrected chi connectivity index (χ3v) is 3.46. The van der Waals surface area contributed by atoms with E-state index >= 15 is 0 Å². The predicted molar refractivity (Wildman–Crippen MR) is 87.4 cm³/mol.